The van der Waals surface area contributed by atoms with Crippen LogP contribution in [0.5, 0.6) is 5.75 Å². The van der Waals surface area contributed by atoms with Crippen LogP contribution in [0, 0.1) is 0 Å². The average Bonchev–Trinajstić information content (AvgIpc) is 2.82. The lowest BCUT2D eigenvalue weighted by molar-refractivity contribution is 0.0695. The van der Waals surface area contributed by atoms with Crippen LogP contribution in [-0.4, -0.2) is 45.7 Å². The molecule has 0 atom stereocenters. The van der Waals surface area contributed by atoms with E-state index in [1.807, 2.05) is 18.2 Å². The maximum Gasteiger partial charge on any atom is 0.340 e. The van der Waals surface area contributed by atoms with E-state index in [0.717, 1.165) is 36.8 Å². The number of halogens is 1. The molecule has 2 aromatic carbocycles. The molecule has 1 aliphatic rings. The number of aryl methyl sites for hydroxylation is 2. The van der Waals surface area contributed by atoms with Crippen LogP contribution in [0.3, 0.4) is 0 Å². The standard InChI is InChI=1S/C21H18ClNO3.C6H15N/c22-14-8-5-12(6-9-14)11-17-20(24)18(21(25)26)16-10-7-13-3-1-2-4-15(13)19(16)23-17;1-4-7(5-2)6-3/h5-10,24H,1-4,11H2,(H,25,26);4-6H2,1-3H3. The van der Waals surface area contributed by atoms with E-state index in [4.69, 9.17) is 16.6 Å². The fourth-order valence-electron chi connectivity index (χ4n) is 4.40. The number of carboxylic acid groups (broad SMARTS) is 1. The summed E-state index contributed by atoms with van der Waals surface area (Å²) >= 11 is 5.93. The molecule has 33 heavy (non-hydrogen) atoms. The highest BCUT2D eigenvalue weighted by atomic mass is 35.5. The van der Waals surface area contributed by atoms with Gasteiger partial charge < -0.3 is 15.1 Å². The molecular weight excluding hydrogens is 436 g/mol. The molecular formula is C27H33ClN2O3. The Labute approximate surface area is 201 Å². The molecule has 6 heteroatoms. The first-order chi connectivity index (χ1) is 15.9. The predicted octanol–water partition coefficient (Wildman–Crippen LogP) is 6.11. The van der Waals surface area contributed by atoms with Crippen molar-refractivity contribution < 1.29 is 15.0 Å². The molecule has 1 aromatic heterocycles. The molecule has 0 saturated heterocycles. The molecule has 0 aliphatic heterocycles. The van der Waals surface area contributed by atoms with Gasteiger partial charge in [-0.1, -0.05) is 56.6 Å². The number of carboxylic acids is 1. The number of aromatic hydroxyl groups is 1. The van der Waals surface area contributed by atoms with Gasteiger partial charge in [-0.2, -0.15) is 0 Å². The van der Waals surface area contributed by atoms with Gasteiger partial charge in [0.25, 0.3) is 0 Å². The third-order valence-corrected chi connectivity index (χ3v) is 6.62. The topological polar surface area (TPSA) is 73.7 Å². The Bertz CT molecular complexity index is 1100. The van der Waals surface area contributed by atoms with Crippen molar-refractivity contribution in [3.8, 4) is 5.75 Å². The van der Waals surface area contributed by atoms with Crippen LogP contribution in [0.4, 0.5) is 0 Å². The summed E-state index contributed by atoms with van der Waals surface area (Å²) in [7, 11) is 0. The van der Waals surface area contributed by atoms with Crippen molar-refractivity contribution >= 4 is 28.5 Å². The molecule has 0 bridgehead atoms. The van der Waals surface area contributed by atoms with Crippen LogP contribution in [-0.2, 0) is 19.3 Å². The van der Waals surface area contributed by atoms with E-state index in [1.165, 1.54) is 25.2 Å². The third kappa shape index (κ3) is 5.84. The zero-order valence-corrected chi connectivity index (χ0v) is 20.5. The van der Waals surface area contributed by atoms with Crippen LogP contribution in [0.2, 0.25) is 5.02 Å². The highest BCUT2D eigenvalue weighted by Gasteiger charge is 2.23. The van der Waals surface area contributed by atoms with Gasteiger partial charge in [0, 0.05) is 16.8 Å². The Morgan fingerprint density at radius 3 is 2.21 bits per heavy atom. The summed E-state index contributed by atoms with van der Waals surface area (Å²) in [6, 6.07) is 11.0. The fourth-order valence-corrected chi connectivity index (χ4v) is 4.53. The van der Waals surface area contributed by atoms with E-state index in [-0.39, 0.29) is 11.3 Å². The number of hydrogen-bond donors (Lipinski definition) is 2. The molecule has 4 rings (SSSR count). The van der Waals surface area contributed by atoms with Crippen molar-refractivity contribution in [2.45, 2.75) is 52.9 Å². The molecule has 0 spiro atoms. The maximum absolute atomic E-state index is 11.8. The monoisotopic (exact) mass is 468 g/mol. The second-order valence-corrected chi connectivity index (χ2v) is 8.75. The van der Waals surface area contributed by atoms with E-state index in [2.05, 4.69) is 25.7 Å². The molecule has 3 aromatic rings. The van der Waals surface area contributed by atoms with Crippen LogP contribution >= 0.6 is 11.6 Å². The predicted molar refractivity (Wildman–Crippen MR) is 135 cm³/mol. The Morgan fingerprint density at radius 1 is 1.00 bits per heavy atom. The second-order valence-electron chi connectivity index (χ2n) is 8.32. The smallest absolute Gasteiger partial charge is 0.340 e. The number of aromatic carboxylic acids is 1. The third-order valence-electron chi connectivity index (χ3n) is 6.37. The van der Waals surface area contributed by atoms with Crippen molar-refractivity contribution in [3.05, 3.63) is 69.4 Å². The summed E-state index contributed by atoms with van der Waals surface area (Å²) in [5.41, 5.74) is 4.30. The number of aromatic nitrogens is 1. The van der Waals surface area contributed by atoms with E-state index in [0.29, 0.717) is 28.0 Å². The van der Waals surface area contributed by atoms with Gasteiger partial charge in [0.15, 0.2) is 5.75 Å². The van der Waals surface area contributed by atoms with Crippen LogP contribution in [0.1, 0.15) is 66.4 Å². The molecule has 0 fully saturated rings. The van der Waals surface area contributed by atoms with E-state index in [9.17, 15) is 15.0 Å². The number of carbonyl (C=O) groups is 1. The Hall–Kier alpha value is -2.63. The summed E-state index contributed by atoms with van der Waals surface area (Å²) in [5, 5.41) is 21.4. The molecule has 1 heterocycles. The maximum atomic E-state index is 11.8. The van der Waals surface area contributed by atoms with Gasteiger partial charge in [0.05, 0.1) is 11.2 Å². The Kier molecular flexibility index (Phi) is 8.70. The van der Waals surface area contributed by atoms with E-state index < -0.39 is 5.97 Å². The van der Waals surface area contributed by atoms with Gasteiger partial charge in [-0.15, -0.1) is 0 Å². The van der Waals surface area contributed by atoms with Crippen molar-refractivity contribution in [2.75, 3.05) is 19.6 Å². The largest absolute Gasteiger partial charge is 0.505 e. The minimum Gasteiger partial charge on any atom is -0.505 e. The van der Waals surface area contributed by atoms with Crippen molar-refractivity contribution in [1.29, 1.82) is 0 Å². The Morgan fingerprint density at radius 2 is 1.64 bits per heavy atom. The Balaban J connectivity index is 0.000000383. The zero-order chi connectivity index (χ0) is 24.0. The number of rotatable bonds is 6. The molecule has 0 saturated carbocycles. The lowest BCUT2D eigenvalue weighted by atomic mass is 9.88. The number of benzene rings is 2. The molecule has 0 unspecified atom stereocenters. The number of nitrogens with zero attached hydrogens (tertiary/aromatic N) is 2. The molecule has 0 amide bonds. The van der Waals surface area contributed by atoms with E-state index in [1.54, 1.807) is 18.2 Å². The van der Waals surface area contributed by atoms with Gasteiger partial charge in [0.2, 0.25) is 0 Å². The summed E-state index contributed by atoms with van der Waals surface area (Å²) in [4.78, 5) is 18.9. The summed E-state index contributed by atoms with van der Waals surface area (Å²) in [5.74, 6) is -1.39. The lowest BCUT2D eigenvalue weighted by Gasteiger charge is -2.19. The van der Waals surface area contributed by atoms with Gasteiger partial charge in [-0.25, -0.2) is 9.78 Å². The molecule has 1 aliphatic carbocycles. The molecule has 2 N–H and O–H groups in total. The van der Waals surface area contributed by atoms with Gasteiger partial charge in [0.1, 0.15) is 5.56 Å². The lowest BCUT2D eigenvalue weighted by Crippen LogP contribution is -2.21. The van der Waals surface area contributed by atoms with Gasteiger partial charge >= 0.3 is 5.97 Å². The minimum absolute atomic E-state index is 0.0627. The summed E-state index contributed by atoms with van der Waals surface area (Å²) in [6.45, 7) is 10.1. The second kappa shape index (κ2) is 11.5. The number of fused-ring (bicyclic) bond motifs is 3. The van der Waals surface area contributed by atoms with Crippen LogP contribution in [0.25, 0.3) is 10.9 Å². The van der Waals surface area contributed by atoms with E-state index >= 15 is 0 Å². The molecule has 0 radical (unpaired) electrons. The minimum atomic E-state index is -1.14. The van der Waals surface area contributed by atoms with Crippen molar-refractivity contribution in [3.63, 3.8) is 0 Å². The fraction of sp³-hybridized carbons (Fsp3) is 0.407. The first-order valence-electron chi connectivity index (χ1n) is 11.8. The zero-order valence-electron chi connectivity index (χ0n) is 19.7. The van der Waals surface area contributed by atoms with Crippen LogP contribution in [0.15, 0.2) is 36.4 Å². The first-order valence-corrected chi connectivity index (χ1v) is 12.1. The number of hydrogen-bond acceptors (Lipinski definition) is 4. The summed E-state index contributed by atoms with van der Waals surface area (Å²) in [6.07, 6.45) is 4.44. The SMILES string of the molecule is CCN(CC)CC.O=C(O)c1c(O)c(Cc2ccc(Cl)cc2)nc2c3c(ccc12)CCCC3. The highest BCUT2D eigenvalue weighted by Crippen LogP contribution is 2.35. The van der Waals surface area contributed by atoms with Crippen molar-refractivity contribution in [2.24, 2.45) is 0 Å². The van der Waals surface area contributed by atoms with Crippen LogP contribution < -0.4 is 0 Å². The van der Waals surface area contributed by atoms with Gasteiger partial charge in [-0.05, 0) is 74.1 Å². The quantitative estimate of drug-likeness (QED) is 0.456. The molecule has 5 nitrogen and oxygen atoms in total. The molecule has 176 valence electrons. The normalized spacial score (nSPS) is 12.9. The average molecular weight is 469 g/mol. The highest BCUT2D eigenvalue weighted by molar-refractivity contribution is 6.30. The first kappa shape index (κ1) is 25.0. The number of pyridine rings is 1. The van der Waals surface area contributed by atoms with Gasteiger partial charge in [-0.3, -0.25) is 0 Å². The van der Waals surface area contributed by atoms with Crippen molar-refractivity contribution in [1.82, 2.24) is 9.88 Å². The summed E-state index contributed by atoms with van der Waals surface area (Å²) < 4.78 is 0.